The van der Waals surface area contributed by atoms with Gasteiger partial charge in [0.15, 0.2) is 0 Å². The molecule has 4 heteroatoms. The minimum atomic E-state index is -0.308. The summed E-state index contributed by atoms with van der Waals surface area (Å²) in [5.74, 6) is 0.0917. The first-order valence-electron chi connectivity index (χ1n) is 4.99. The molecule has 0 bridgehead atoms. The molecular weight excluding hydrogens is 214 g/mol. The molecule has 0 aliphatic heterocycles. The molecule has 0 aliphatic carbocycles. The fraction of sp³-hybridized carbons (Fsp3) is 0.455. The van der Waals surface area contributed by atoms with Gasteiger partial charge in [-0.2, -0.15) is 0 Å². The van der Waals surface area contributed by atoms with Crippen molar-refractivity contribution in [2.24, 2.45) is 0 Å². The van der Waals surface area contributed by atoms with E-state index in [1.165, 1.54) is 0 Å². The van der Waals surface area contributed by atoms with E-state index in [2.05, 4.69) is 5.32 Å². The first-order chi connectivity index (χ1) is 7.13. The highest BCUT2D eigenvalue weighted by molar-refractivity contribution is 6.32. The Hall–Kier alpha value is -0.770. The molecule has 0 spiro atoms. The molecule has 0 aromatic heterocycles. The largest absolute Gasteiger partial charge is 0.506 e. The van der Waals surface area contributed by atoms with Crippen molar-refractivity contribution < 1.29 is 10.2 Å². The van der Waals surface area contributed by atoms with Gasteiger partial charge in [0.1, 0.15) is 5.75 Å². The number of phenols is 1. The average Bonchev–Trinajstić information content (AvgIpc) is 2.23. The van der Waals surface area contributed by atoms with Crippen LogP contribution >= 0.6 is 11.6 Å². The zero-order chi connectivity index (χ0) is 11.3. The molecule has 0 heterocycles. The van der Waals surface area contributed by atoms with Crippen LogP contribution in [0.5, 0.6) is 5.75 Å². The fourth-order valence-electron chi connectivity index (χ4n) is 1.19. The number of aliphatic hydroxyl groups is 1. The van der Waals surface area contributed by atoms with Crippen LogP contribution in [0.15, 0.2) is 18.2 Å². The minimum absolute atomic E-state index is 0.0917. The lowest BCUT2D eigenvalue weighted by Gasteiger charge is -2.09. The molecular formula is C11H16ClNO2. The molecule has 0 amide bonds. The van der Waals surface area contributed by atoms with Gasteiger partial charge < -0.3 is 15.5 Å². The van der Waals surface area contributed by atoms with E-state index in [4.69, 9.17) is 11.6 Å². The van der Waals surface area contributed by atoms with Gasteiger partial charge in [0.2, 0.25) is 0 Å². The van der Waals surface area contributed by atoms with E-state index in [0.29, 0.717) is 18.1 Å². The second-order valence-corrected chi connectivity index (χ2v) is 3.89. The highest BCUT2D eigenvalue weighted by Gasteiger charge is 2.02. The molecule has 0 saturated heterocycles. The summed E-state index contributed by atoms with van der Waals surface area (Å²) in [5, 5.41) is 22.0. The van der Waals surface area contributed by atoms with E-state index in [0.717, 1.165) is 12.0 Å². The van der Waals surface area contributed by atoms with E-state index in [-0.39, 0.29) is 11.9 Å². The van der Waals surface area contributed by atoms with Crippen molar-refractivity contribution in [1.29, 1.82) is 0 Å². The zero-order valence-corrected chi connectivity index (χ0v) is 9.46. The normalized spacial score (nSPS) is 12.7. The van der Waals surface area contributed by atoms with Crippen molar-refractivity contribution in [2.75, 3.05) is 6.54 Å². The number of phenolic OH excluding ortho intramolecular Hbond substituents is 1. The summed E-state index contributed by atoms with van der Waals surface area (Å²) in [4.78, 5) is 0. The van der Waals surface area contributed by atoms with E-state index in [1.54, 1.807) is 18.2 Å². The lowest BCUT2D eigenvalue weighted by molar-refractivity contribution is 0.167. The van der Waals surface area contributed by atoms with Gasteiger partial charge in [-0.3, -0.25) is 0 Å². The lowest BCUT2D eigenvalue weighted by atomic mass is 10.2. The molecule has 3 nitrogen and oxygen atoms in total. The van der Waals surface area contributed by atoms with Crippen molar-refractivity contribution in [3.63, 3.8) is 0 Å². The van der Waals surface area contributed by atoms with Crippen molar-refractivity contribution in [2.45, 2.75) is 26.0 Å². The van der Waals surface area contributed by atoms with E-state index < -0.39 is 0 Å². The SMILES string of the molecule is CCC(O)CNCc1ccc(O)c(Cl)c1. The van der Waals surface area contributed by atoms with Gasteiger partial charge in [0.05, 0.1) is 11.1 Å². The third-order valence-electron chi connectivity index (χ3n) is 2.19. The Bertz CT molecular complexity index is 317. The molecule has 0 radical (unpaired) electrons. The maximum atomic E-state index is 9.31. The average molecular weight is 230 g/mol. The lowest BCUT2D eigenvalue weighted by Crippen LogP contribution is -2.25. The number of rotatable bonds is 5. The number of aromatic hydroxyl groups is 1. The topological polar surface area (TPSA) is 52.5 Å². The predicted molar refractivity (Wildman–Crippen MR) is 61.1 cm³/mol. The van der Waals surface area contributed by atoms with E-state index in [9.17, 15) is 10.2 Å². The predicted octanol–water partition coefficient (Wildman–Crippen LogP) is 1.91. The summed E-state index contributed by atoms with van der Waals surface area (Å²) in [6, 6.07) is 5.07. The van der Waals surface area contributed by atoms with Gasteiger partial charge in [0.25, 0.3) is 0 Å². The minimum Gasteiger partial charge on any atom is -0.506 e. The maximum absolute atomic E-state index is 9.31. The van der Waals surface area contributed by atoms with Crippen LogP contribution in [0.1, 0.15) is 18.9 Å². The Labute approximate surface area is 94.7 Å². The van der Waals surface area contributed by atoms with Gasteiger partial charge in [-0.15, -0.1) is 0 Å². The van der Waals surface area contributed by atoms with Crippen molar-refractivity contribution >= 4 is 11.6 Å². The quantitative estimate of drug-likeness (QED) is 0.723. The van der Waals surface area contributed by atoms with Gasteiger partial charge in [-0.25, -0.2) is 0 Å². The highest BCUT2D eigenvalue weighted by Crippen LogP contribution is 2.23. The molecule has 1 aromatic rings. The molecule has 3 N–H and O–H groups in total. The highest BCUT2D eigenvalue weighted by atomic mass is 35.5. The first kappa shape index (κ1) is 12.3. The number of nitrogens with one attached hydrogen (secondary N) is 1. The van der Waals surface area contributed by atoms with Gasteiger partial charge >= 0.3 is 0 Å². The third-order valence-corrected chi connectivity index (χ3v) is 2.50. The summed E-state index contributed by atoms with van der Waals surface area (Å²) in [6.07, 6.45) is 0.432. The van der Waals surface area contributed by atoms with Crippen LogP contribution in [0.25, 0.3) is 0 Å². The number of aliphatic hydroxyl groups excluding tert-OH is 1. The van der Waals surface area contributed by atoms with Gasteiger partial charge in [-0.05, 0) is 24.1 Å². The van der Waals surface area contributed by atoms with Crippen LogP contribution in [0.4, 0.5) is 0 Å². The second kappa shape index (κ2) is 5.95. The third kappa shape index (κ3) is 4.08. The van der Waals surface area contributed by atoms with Crippen LogP contribution in [-0.4, -0.2) is 22.9 Å². The Morgan fingerprint density at radius 3 is 2.80 bits per heavy atom. The number of hydrogen-bond acceptors (Lipinski definition) is 3. The molecule has 1 aromatic carbocycles. The molecule has 1 rings (SSSR count). The van der Waals surface area contributed by atoms with Crippen molar-refractivity contribution in [3.05, 3.63) is 28.8 Å². The van der Waals surface area contributed by atoms with Crippen LogP contribution in [-0.2, 0) is 6.54 Å². The van der Waals surface area contributed by atoms with Crippen LogP contribution < -0.4 is 5.32 Å². The monoisotopic (exact) mass is 229 g/mol. The smallest absolute Gasteiger partial charge is 0.134 e. The van der Waals surface area contributed by atoms with Gasteiger partial charge in [0, 0.05) is 13.1 Å². The first-order valence-corrected chi connectivity index (χ1v) is 5.37. The Kier molecular flexibility index (Phi) is 4.88. The Morgan fingerprint density at radius 2 is 2.20 bits per heavy atom. The molecule has 1 unspecified atom stereocenters. The van der Waals surface area contributed by atoms with Gasteiger partial charge in [-0.1, -0.05) is 24.6 Å². The van der Waals surface area contributed by atoms with Crippen molar-refractivity contribution in [3.8, 4) is 5.75 Å². The standard InChI is InChI=1S/C11H16ClNO2/c1-2-9(14)7-13-6-8-3-4-11(15)10(12)5-8/h3-5,9,13-15H,2,6-7H2,1H3. The summed E-state index contributed by atoms with van der Waals surface area (Å²) < 4.78 is 0. The van der Waals surface area contributed by atoms with E-state index in [1.807, 2.05) is 6.92 Å². The summed E-state index contributed by atoms with van der Waals surface area (Å²) in [7, 11) is 0. The number of hydrogen-bond donors (Lipinski definition) is 3. The van der Waals surface area contributed by atoms with Crippen LogP contribution in [0, 0.1) is 0 Å². The Balaban J connectivity index is 2.41. The molecule has 1 atom stereocenters. The number of halogens is 1. The second-order valence-electron chi connectivity index (χ2n) is 3.48. The number of benzene rings is 1. The maximum Gasteiger partial charge on any atom is 0.134 e. The van der Waals surface area contributed by atoms with E-state index >= 15 is 0 Å². The van der Waals surface area contributed by atoms with Crippen LogP contribution in [0.3, 0.4) is 0 Å². The summed E-state index contributed by atoms with van der Waals surface area (Å²) in [6.45, 7) is 3.13. The summed E-state index contributed by atoms with van der Waals surface area (Å²) in [5.41, 5.74) is 0.987. The Morgan fingerprint density at radius 1 is 1.47 bits per heavy atom. The summed E-state index contributed by atoms with van der Waals surface area (Å²) >= 11 is 5.76. The molecule has 84 valence electrons. The van der Waals surface area contributed by atoms with Crippen LogP contribution in [0.2, 0.25) is 5.02 Å². The zero-order valence-electron chi connectivity index (χ0n) is 8.70. The molecule has 0 aliphatic rings. The van der Waals surface area contributed by atoms with Crippen molar-refractivity contribution in [1.82, 2.24) is 5.32 Å². The molecule has 0 saturated carbocycles. The molecule has 0 fully saturated rings. The molecule has 15 heavy (non-hydrogen) atoms. The fourth-order valence-corrected chi connectivity index (χ4v) is 1.39.